The van der Waals surface area contributed by atoms with Crippen molar-refractivity contribution in [3.63, 3.8) is 0 Å². The van der Waals surface area contributed by atoms with Crippen LogP contribution in [0.25, 0.3) is 0 Å². The van der Waals surface area contributed by atoms with Gasteiger partial charge in [-0.15, -0.1) is 0 Å². The van der Waals surface area contributed by atoms with Crippen molar-refractivity contribution in [1.29, 1.82) is 5.26 Å². The van der Waals surface area contributed by atoms with Crippen LogP contribution in [0.15, 0.2) is 36.2 Å². The van der Waals surface area contributed by atoms with Crippen molar-refractivity contribution in [2.45, 2.75) is 69.3 Å². The minimum atomic E-state index is -1.12. The number of benzene rings is 1. The highest BCUT2D eigenvalue weighted by atomic mass is 33.2. The predicted octanol–water partition coefficient (Wildman–Crippen LogP) is 5.84. The first kappa shape index (κ1) is 26.6. The molecule has 4 nitrogen and oxygen atoms in total. The lowest BCUT2D eigenvalue weighted by Gasteiger charge is -2.39. The van der Waals surface area contributed by atoms with E-state index >= 15 is 4.39 Å². The van der Waals surface area contributed by atoms with Crippen LogP contribution in [0.4, 0.5) is 4.39 Å². The molecule has 0 radical (unpaired) electrons. The van der Waals surface area contributed by atoms with Crippen LogP contribution in [0, 0.1) is 11.3 Å². The lowest BCUT2D eigenvalue weighted by molar-refractivity contribution is 0.0640. The van der Waals surface area contributed by atoms with Crippen LogP contribution in [0.3, 0.4) is 0 Å². The zero-order valence-electron chi connectivity index (χ0n) is 20.5. The van der Waals surface area contributed by atoms with Crippen molar-refractivity contribution in [3.05, 3.63) is 47.3 Å². The van der Waals surface area contributed by atoms with E-state index in [-0.39, 0.29) is 23.1 Å². The molecular formula is C26H40FN3OS2. The Kier molecular flexibility index (Phi) is 9.72. The average molecular weight is 494 g/mol. The number of hydrogen-bond acceptors (Lipinski definition) is 5. The maximum absolute atomic E-state index is 15.5. The summed E-state index contributed by atoms with van der Waals surface area (Å²) in [5.74, 6) is -0.280. The molecular weight excluding hydrogens is 453 g/mol. The van der Waals surface area contributed by atoms with Gasteiger partial charge in [0.05, 0.1) is 17.7 Å². The SMILES string of the molecule is CCCC(/C(F)=C\C(C)S(C)(C)SN1CCC(N2CCC(O)CC2)C1)c1ccc(C#N)cc1. The number of hydrogen-bond donors (Lipinski definition) is 1. The molecule has 3 atom stereocenters. The zero-order valence-corrected chi connectivity index (χ0v) is 22.2. The van der Waals surface area contributed by atoms with Gasteiger partial charge < -0.3 is 5.11 Å². The summed E-state index contributed by atoms with van der Waals surface area (Å²) in [6, 6.07) is 10.1. The lowest BCUT2D eigenvalue weighted by Crippen LogP contribution is -2.43. The average Bonchev–Trinajstić information content (AvgIpc) is 3.25. The molecule has 7 heteroatoms. The van der Waals surface area contributed by atoms with E-state index in [9.17, 15) is 5.11 Å². The van der Waals surface area contributed by atoms with E-state index in [0.29, 0.717) is 11.6 Å². The first-order chi connectivity index (χ1) is 15.7. The molecule has 0 saturated carbocycles. The summed E-state index contributed by atoms with van der Waals surface area (Å²) in [4.78, 5) is 2.55. The van der Waals surface area contributed by atoms with Crippen molar-refractivity contribution in [2.24, 2.45) is 0 Å². The molecule has 1 aromatic rings. The number of aliphatic hydroxyl groups is 1. The number of aliphatic hydroxyl groups excluding tert-OH is 1. The molecule has 2 heterocycles. The fraction of sp³-hybridized carbons (Fsp3) is 0.654. The second-order valence-electron chi connectivity index (χ2n) is 9.81. The molecule has 0 aliphatic carbocycles. The first-order valence-electron chi connectivity index (χ1n) is 12.2. The Morgan fingerprint density at radius 2 is 1.91 bits per heavy atom. The Morgan fingerprint density at radius 3 is 2.52 bits per heavy atom. The molecule has 0 aromatic heterocycles. The third-order valence-electron chi connectivity index (χ3n) is 7.08. The van der Waals surface area contributed by atoms with Gasteiger partial charge in [0.2, 0.25) is 0 Å². The fourth-order valence-electron chi connectivity index (χ4n) is 4.71. The number of piperidine rings is 1. The normalized spacial score (nSPS) is 23.9. The van der Waals surface area contributed by atoms with Gasteiger partial charge in [-0.05, 0) is 72.9 Å². The Labute approximate surface area is 205 Å². The molecule has 0 bridgehead atoms. The van der Waals surface area contributed by atoms with Crippen LogP contribution < -0.4 is 0 Å². The van der Waals surface area contributed by atoms with Crippen molar-refractivity contribution in [3.8, 4) is 6.07 Å². The molecule has 2 aliphatic heterocycles. The minimum Gasteiger partial charge on any atom is -0.393 e. The molecule has 2 saturated heterocycles. The summed E-state index contributed by atoms with van der Waals surface area (Å²) in [5.41, 5.74) is 1.56. The maximum Gasteiger partial charge on any atom is 0.104 e. The summed E-state index contributed by atoms with van der Waals surface area (Å²) in [5, 5.41) is 19.0. The van der Waals surface area contributed by atoms with Crippen LogP contribution >= 0.6 is 20.0 Å². The third-order valence-corrected chi connectivity index (χ3v) is 12.6. The van der Waals surface area contributed by atoms with E-state index in [2.05, 4.69) is 41.6 Å². The van der Waals surface area contributed by atoms with Gasteiger partial charge in [-0.3, -0.25) is 4.90 Å². The molecule has 0 spiro atoms. The predicted molar refractivity (Wildman–Crippen MR) is 141 cm³/mol. The van der Waals surface area contributed by atoms with Crippen molar-refractivity contribution < 1.29 is 9.50 Å². The molecule has 3 rings (SSSR count). The maximum atomic E-state index is 15.5. The number of nitriles is 1. The minimum absolute atomic E-state index is 0.0404. The van der Waals surface area contributed by atoms with Crippen LogP contribution in [0.5, 0.6) is 0 Å². The van der Waals surface area contributed by atoms with E-state index in [0.717, 1.165) is 57.4 Å². The van der Waals surface area contributed by atoms with Crippen LogP contribution in [-0.2, 0) is 0 Å². The van der Waals surface area contributed by atoms with Gasteiger partial charge >= 0.3 is 0 Å². The van der Waals surface area contributed by atoms with E-state index in [1.54, 1.807) is 12.1 Å². The largest absolute Gasteiger partial charge is 0.393 e. The van der Waals surface area contributed by atoms with E-state index in [1.165, 1.54) is 6.42 Å². The van der Waals surface area contributed by atoms with Gasteiger partial charge in [0.15, 0.2) is 0 Å². The second-order valence-corrected chi connectivity index (χ2v) is 16.9. The summed E-state index contributed by atoms with van der Waals surface area (Å²) in [6.45, 7) is 8.37. The molecule has 184 valence electrons. The van der Waals surface area contributed by atoms with Gasteiger partial charge in [-0.1, -0.05) is 32.4 Å². The molecule has 1 N–H and O–H groups in total. The van der Waals surface area contributed by atoms with Gasteiger partial charge in [0.1, 0.15) is 5.83 Å². The number of nitrogens with zero attached hydrogens (tertiary/aromatic N) is 3. The van der Waals surface area contributed by atoms with Gasteiger partial charge in [0, 0.05) is 43.4 Å². The summed E-state index contributed by atoms with van der Waals surface area (Å²) >= 11 is 0. The number of rotatable bonds is 9. The molecule has 2 aliphatic rings. The zero-order chi connectivity index (χ0) is 24.0. The van der Waals surface area contributed by atoms with Gasteiger partial charge in [-0.2, -0.15) is 14.3 Å². The van der Waals surface area contributed by atoms with Gasteiger partial charge in [-0.25, -0.2) is 8.70 Å². The Morgan fingerprint density at radius 1 is 1.24 bits per heavy atom. The highest BCUT2D eigenvalue weighted by Gasteiger charge is 2.33. The molecule has 3 unspecified atom stereocenters. The van der Waals surface area contributed by atoms with E-state index in [4.69, 9.17) is 5.26 Å². The molecule has 2 fully saturated rings. The lowest BCUT2D eigenvalue weighted by atomic mass is 9.92. The highest BCUT2D eigenvalue weighted by molar-refractivity contribution is 8.93. The first-order valence-corrected chi connectivity index (χ1v) is 16.0. The summed E-state index contributed by atoms with van der Waals surface area (Å²) < 4.78 is 18.0. The van der Waals surface area contributed by atoms with Crippen molar-refractivity contribution in [2.75, 3.05) is 38.7 Å². The smallest absolute Gasteiger partial charge is 0.104 e. The number of halogens is 1. The summed E-state index contributed by atoms with van der Waals surface area (Å²) in [6.07, 6.45) is 11.0. The topological polar surface area (TPSA) is 50.5 Å². The molecule has 33 heavy (non-hydrogen) atoms. The molecule has 1 aromatic carbocycles. The quantitative estimate of drug-likeness (QED) is 0.346. The second kappa shape index (κ2) is 12.1. The van der Waals surface area contributed by atoms with E-state index in [1.807, 2.05) is 29.2 Å². The van der Waals surface area contributed by atoms with Crippen LogP contribution in [-0.4, -0.2) is 70.4 Å². The van der Waals surface area contributed by atoms with Crippen LogP contribution in [0.1, 0.15) is 63.0 Å². The Balaban J connectivity index is 1.61. The third kappa shape index (κ3) is 7.22. The summed E-state index contributed by atoms with van der Waals surface area (Å²) in [7, 11) is 0.829. The van der Waals surface area contributed by atoms with Gasteiger partial charge in [0.25, 0.3) is 0 Å². The van der Waals surface area contributed by atoms with Crippen molar-refractivity contribution in [1.82, 2.24) is 9.21 Å². The number of likely N-dealkylation sites (tertiary alicyclic amines) is 1. The Bertz CT molecular complexity index is 831. The standard InChI is InChI=1S/C26H40FN3OS2/c1-5-6-25(22-9-7-21(18-28)8-10-22)26(27)17-20(2)33(3,4)32-30-16-11-23(19-30)29-14-12-24(31)13-15-29/h7-10,17,20,23-25,31H,5-6,11-16,19H2,1-4H3/b26-17+. The highest BCUT2D eigenvalue weighted by Crippen LogP contribution is 2.60. The van der Waals surface area contributed by atoms with E-state index < -0.39 is 9.06 Å². The molecule has 0 amide bonds. The number of allylic oxidation sites excluding steroid dienone is 1. The monoisotopic (exact) mass is 493 g/mol. The van der Waals surface area contributed by atoms with Crippen LogP contribution in [0.2, 0.25) is 0 Å². The Hall–Kier alpha value is -1.04. The van der Waals surface area contributed by atoms with Crippen molar-refractivity contribution >= 4 is 20.0 Å². The fourth-order valence-corrected chi connectivity index (χ4v) is 8.87.